The maximum absolute atomic E-state index is 5.01. The van der Waals surface area contributed by atoms with Crippen molar-refractivity contribution in [1.82, 2.24) is 9.36 Å². The van der Waals surface area contributed by atoms with Crippen LogP contribution in [0, 0.1) is 0 Å². The smallest absolute Gasteiger partial charge is 0.173 e. The molecule has 2 aliphatic rings. The van der Waals surface area contributed by atoms with Crippen LogP contribution in [0.4, 0.5) is 34.1 Å². The van der Waals surface area contributed by atoms with Crippen LogP contribution in [0.25, 0.3) is 33.1 Å². The molecule has 8 aromatic rings. The summed E-state index contributed by atoms with van der Waals surface area (Å²) in [5.74, 6) is 0.740. The number of para-hydroxylation sites is 3. The highest BCUT2D eigenvalue weighted by molar-refractivity contribution is 7.99. The zero-order valence-electron chi connectivity index (χ0n) is 29.3. The maximum atomic E-state index is 5.01. The molecular formula is C47H34N4S2. The minimum Gasteiger partial charge on any atom is -0.310 e. The Morgan fingerprint density at radius 3 is 1.66 bits per heavy atom. The van der Waals surface area contributed by atoms with Gasteiger partial charge in [-0.1, -0.05) is 111 Å². The van der Waals surface area contributed by atoms with Gasteiger partial charge in [0.05, 0.1) is 22.7 Å². The van der Waals surface area contributed by atoms with Crippen LogP contribution in [0.2, 0.25) is 0 Å². The van der Waals surface area contributed by atoms with Gasteiger partial charge < -0.3 is 9.80 Å². The van der Waals surface area contributed by atoms with Crippen LogP contribution in [0.1, 0.15) is 25.0 Å². The normalized spacial score (nSPS) is 13.8. The van der Waals surface area contributed by atoms with E-state index >= 15 is 0 Å². The molecule has 254 valence electrons. The number of hydrogen-bond donors (Lipinski definition) is 0. The SMILES string of the molecule is CC1(C)c2ccccc2N(c2ccc(-c3nc(-c4ccc(N5c6ccccc6Sc6cc(-c7ccccc7)ccc65)cc4)ns3)cc2)c2ccccc21. The molecule has 7 aromatic carbocycles. The molecule has 0 atom stereocenters. The fourth-order valence-corrected chi connectivity index (χ4v) is 9.55. The molecule has 0 fully saturated rings. The lowest BCUT2D eigenvalue weighted by Crippen LogP contribution is -2.30. The second kappa shape index (κ2) is 12.6. The van der Waals surface area contributed by atoms with Gasteiger partial charge in [-0.15, -0.1) is 0 Å². The average molecular weight is 719 g/mol. The quantitative estimate of drug-likeness (QED) is 0.177. The Bertz CT molecular complexity index is 2580. The number of anilines is 6. The van der Waals surface area contributed by atoms with Crippen LogP contribution in [-0.2, 0) is 5.41 Å². The van der Waals surface area contributed by atoms with Crippen LogP contribution in [0.3, 0.4) is 0 Å². The molecule has 0 amide bonds. The Balaban J connectivity index is 0.938. The van der Waals surface area contributed by atoms with Crippen LogP contribution >= 0.6 is 23.3 Å². The van der Waals surface area contributed by atoms with Crippen molar-refractivity contribution >= 4 is 57.4 Å². The summed E-state index contributed by atoms with van der Waals surface area (Å²) in [5, 5.41) is 0.904. The molecule has 0 saturated carbocycles. The molecule has 4 nitrogen and oxygen atoms in total. The van der Waals surface area contributed by atoms with Gasteiger partial charge in [-0.3, -0.25) is 0 Å². The van der Waals surface area contributed by atoms with Gasteiger partial charge in [0.15, 0.2) is 5.82 Å². The Labute approximate surface area is 318 Å². The van der Waals surface area contributed by atoms with Crippen molar-refractivity contribution in [2.45, 2.75) is 29.1 Å². The number of nitrogens with zero attached hydrogens (tertiary/aromatic N) is 4. The standard InChI is InChI=1S/C47H34N4S2/c1-47(2)37-14-6-8-16-39(37)50(40-17-9-7-15-38(40)47)35-27-22-33(23-28-35)46-48-45(49-53-46)32-20-25-36(26-21-32)51-41-18-10-11-19-43(41)52-44-30-34(24-29-42(44)51)31-12-4-3-5-13-31/h3-30H,1-2H3. The van der Waals surface area contributed by atoms with Crippen LogP contribution < -0.4 is 9.80 Å². The highest BCUT2D eigenvalue weighted by atomic mass is 32.2. The second-order valence-electron chi connectivity index (χ2n) is 14.0. The molecule has 0 unspecified atom stereocenters. The van der Waals surface area contributed by atoms with Crippen LogP contribution in [-0.4, -0.2) is 9.36 Å². The topological polar surface area (TPSA) is 32.3 Å². The van der Waals surface area contributed by atoms with E-state index in [1.807, 2.05) is 11.8 Å². The fraction of sp³-hybridized carbons (Fsp3) is 0.0638. The van der Waals surface area contributed by atoms with Gasteiger partial charge in [-0.2, -0.15) is 4.37 Å². The summed E-state index contributed by atoms with van der Waals surface area (Å²) in [6, 6.07) is 60.9. The molecule has 2 aliphatic heterocycles. The molecule has 1 aromatic heterocycles. The monoisotopic (exact) mass is 718 g/mol. The number of rotatable bonds is 5. The molecule has 0 N–H and O–H groups in total. The van der Waals surface area contributed by atoms with Crippen molar-refractivity contribution in [3.8, 4) is 33.1 Å². The molecule has 3 heterocycles. The molecule has 53 heavy (non-hydrogen) atoms. The van der Waals surface area contributed by atoms with Gasteiger partial charge in [-0.05, 0) is 119 Å². The highest BCUT2D eigenvalue weighted by Gasteiger charge is 2.36. The third-order valence-electron chi connectivity index (χ3n) is 10.5. The van der Waals surface area contributed by atoms with Gasteiger partial charge in [0.25, 0.3) is 0 Å². The molecule has 0 bridgehead atoms. The maximum Gasteiger partial charge on any atom is 0.173 e. The molecule has 0 radical (unpaired) electrons. The minimum atomic E-state index is -0.0841. The number of hydrogen-bond acceptors (Lipinski definition) is 6. The van der Waals surface area contributed by atoms with E-state index in [0.29, 0.717) is 0 Å². The van der Waals surface area contributed by atoms with Crippen LogP contribution in [0.5, 0.6) is 0 Å². The summed E-state index contributed by atoms with van der Waals surface area (Å²) in [5.41, 5.74) is 14.1. The lowest BCUT2D eigenvalue weighted by molar-refractivity contribution is 0.632. The van der Waals surface area contributed by atoms with E-state index in [2.05, 4.69) is 194 Å². The number of aromatic nitrogens is 2. The van der Waals surface area contributed by atoms with E-state index < -0.39 is 0 Å². The molecular weight excluding hydrogens is 685 g/mol. The van der Waals surface area contributed by atoms with Gasteiger partial charge in [-0.25, -0.2) is 4.98 Å². The molecule has 6 heteroatoms. The average Bonchev–Trinajstić information content (AvgIpc) is 3.71. The minimum absolute atomic E-state index is 0.0841. The highest BCUT2D eigenvalue weighted by Crippen LogP contribution is 2.53. The van der Waals surface area contributed by atoms with Crippen molar-refractivity contribution in [3.63, 3.8) is 0 Å². The molecule has 0 aliphatic carbocycles. The van der Waals surface area contributed by atoms with Gasteiger partial charge >= 0.3 is 0 Å². The first-order chi connectivity index (χ1) is 26.0. The van der Waals surface area contributed by atoms with Gasteiger partial charge in [0, 0.05) is 37.7 Å². The van der Waals surface area contributed by atoms with Crippen molar-refractivity contribution in [2.75, 3.05) is 9.80 Å². The van der Waals surface area contributed by atoms with Crippen molar-refractivity contribution < 1.29 is 0 Å². The third-order valence-corrected chi connectivity index (χ3v) is 12.3. The molecule has 10 rings (SSSR count). The zero-order chi connectivity index (χ0) is 35.5. The first-order valence-corrected chi connectivity index (χ1v) is 19.4. The number of benzene rings is 7. The summed E-state index contributed by atoms with van der Waals surface area (Å²) in [6.07, 6.45) is 0. The van der Waals surface area contributed by atoms with Gasteiger partial charge in [0.2, 0.25) is 0 Å². The lowest BCUT2D eigenvalue weighted by Gasteiger charge is -2.42. The van der Waals surface area contributed by atoms with Crippen molar-refractivity contribution in [3.05, 3.63) is 181 Å². The van der Waals surface area contributed by atoms with E-state index in [0.717, 1.165) is 33.3 Å². The number of fused-ring (bicyclic) bond motifs is 4. The molecule has 0 saturated heterocycles. The van der Waals surface area contributed by atoms with E-state index in [1.165, 1.54) is 66.3 Å². The summed E-state index contributed by atoms with van der Waals surface area (Å²) < 4.78 is 4.81. The van der Waals surface area contributed by atoms with E-state index in [-0.39, 0.29) is 5.41 Å². The summed E-state index contributed by atoms with van der Waals surface area (Å²) in [6.45, 7) is 4.63. The summed E-state index contributed by atoms with van der Waals surface area (Å²) >= 11 is 3.27. The fourth-order valence-electron chi connectivity index (χ4n) is 7.76. The first kappa shape index (κ1) is 31.8. The zero-order valence-corrected chi connectivity index (χ0v) is 30.9. The first-order valence-electron chi connectivity index (χ1n) is 17.8. The summed E-state index contributed by atoms with van der Waals surface area (Å²) in [4.78, 5) is 12.2. The largest absolute Gasteiger partial charge is 0.310 e. The van der Waals surface area contributed by atoms with Gasteiger partial charge in [0.1, 0.15) is 5.01 Å². The second-order valence-corrected chi connectivity index (χ2v) is 15.8. The van der Waals surface area contributed by atoms with Crippen LogP contribution in [0.15, 0.2) is 180 Å². The van der Waals surface area contributed by atoms with E-state index in [1.54, 1.807) is 0 Å². The van der Waals surface area contributed by atoms with E-state index in [9.17, 15) is 0 Å². The lowest BCUT2D eigenvalue weighted by atomic mass is 9.73. The Morgan fingerprint density at radius 2 is 0.981 bits per heavy atom. The predicted molar refractivity (Wildman–Crippen MR) is 222 cm³/mol. The van der Waals surface area contributed by atoms with Crippen molar-refractivity contribution in [1.29, 1.82) is 0 Å². The predicted octanol–water partition coefficient (Wildman–Crippen LogP) is 13.6. The Morgan fingerprint density at radius 1 is 0.453 bits per heavy atom. The Kier molecular flexibility index (Phi) is 7.56. The third kappa shape index (κ3) is 5.37. The van der Waals surface area contributed by atoms with Crippen molar-refractivity contribution in [2.24, 2.45) is 0 Å². The summed E-state index contributed by atoms with van der Waals surface area (Å²) in [7, 11) is 0. The molecule has 0 spiro atoms. The van der Waals surface area contributed by atoms with E-state index in [4.69, 9.17) is 9.36 Å². The Hall–Kier alpha value is -5.95.